The Morgan fingerprint density at radius 2 is 2.00 bits per heavy atom. The molecule has 0 saturated carbocycles. The lowest BCUT2D eigenvalue weighted by molar-refractivity contribution is -0.387. The molecule has 3 rings (SSSR count). The number of hydrogen-bond acceptors (Lipinski definition) is 8. The predicted molar refractivity (Wildman–Crippen MR) is 107 cm³/mol. The van der Waals surface area contributed by atoms with Gasteiger partial charge in [-0.25, -0.2) is 8.42 Å². The number of carbonyl (C=O) groups excluding carboxylic acids is 1. The van der Waals surface area contributed by atoms with E-state index in [1.165, 1.54) is 22.5 Å². The summed E-state index contributed by atoms with van der Waals surface area (Å²) in [5.41, 5.74) is -1.21. The van der Waals surface area contributed by atoms with Crippen LogP contribution in [0.1, 0.15) is 40.0 Å². The molecule has 0 radical (unpaired) electrons. The molecule has 0 N–H and O–H groups in total. The summed E-state index contributed by atoms with van der Waals surface area (Å²) in [6.07, 6.45) is 0.632. The van der Waals surface area contributed by atoms with Gasteiger partial charge in [-0.05, 0) is 39.7 Å². The molecular formula is C19H27N3O7S. The van der Waals surface area contributed by atoms with Gasteiger partial charge in [0, 0.05) is 19.7 Å². The van der Waals surface area contributed by atoms with Crippen LogP contribution in [0.3, 0.4) is 0 Å². The number of esters is 1. The van der Waals surface area contributed by atoms with Crippen molar-refractivity contribution >= 4 is 21.7 Å². The van der Waals surface area contributed by atoms with Gasteiger partial charge < -0.3 is 4.74 Å². The summed E-state index contributed by atoms with van der Waals surface area (Å²) in [6.45, 7) is 5.30. The Hall–Kier alpha value is -2.08. The summed E-state index contributed by atoms with van der Waals surface area (Å²) >= 11 is 0. The molecule has 10 nitrogen and oxygen atoms in total. The Morgan fingerprint density at radius 1 is 1.33 bits per heavy atom. The van der Waals surface area contributed by atoms with E-state index < -0.39 is 38.2 Å². The number of benzene rings is 1. The summed E-state index contributed by atoms with van der Waals surface area (Å²) in [4.78, 5) is 28.7. The second kappa shape index (κ2) is 8.22. The number of rotatable bonds is 5. The summed E-state index contributed by atoms with van der Waals surface area (Å²) in [7, 11) is -2.54. The van der Waals surface area contributed by atoms with Crippen LogP contribution in [0, 0.1) is 10.1 Å². The molecule has 2 aliphatic heterocycles. The summed E-state index contributed by atoms with van der Waals surface area (Å²) in [6, 6.07) is 4.10. The van der Waals surface area contributed by atoms with Gasteiger partial charge in [0.1, 0.15) is 5.60 Å². The molecule has 0 spiro atoms. The minimum absolute atomic E-state index is 0.0941. The molecule has 3 atom stereocenters. The highest BCUT2D eigenvalue weighted by Gasteiger charge is 2.48. The van der Waals surface area contributed by atoms with Crippen LogP contribution in [0.2, 0.25) is 0 Å². The molecule has 1 aromatic rings. The number of hydrogen-bond donors (Lipinski definition) is 0. The molecule has 2 heterocycles. The standard InChI is InChI=1S/C19H27N3O7S/c1-19(2,3)28-18(23)12-16-15-11-13(29-20(15)4)9-10-21(16)30(26,27)17-8-6-5-7-14(17)22(24)25/h5-8,13,15-16H,9-12H2,1-4H3. The van der Waals surface area contributed by atoms with Crippen molar-refractivity contribution in [3.63, 3.8) is 0 Å². The van der Waals surface area contributed by atoms with Crippen LogP contribution in [0.15, 0.2) is 29.2 Å². The quantitative estimate of drug-likeness (QED) is 0.387. The number of para-hydroxylation sites is 1. The van der Waals surface area contributed by atoms with Crippen LogP contribution in [-0.2, 0) is 24.4 Å². The van der Waals surface area contributed by atoms with Gasteiger partial charge in [0.15, 0.2) is 4.90 Å². The van der Waals surface area contributed by atoms with Crippen molar-refractivity contribution in [1.82, 2.24) is 9.37 Å². The van der Waals surface area contributed by atoms with Crippen molar-refractivity contribution in [3.05, 3.63) is 34.4 Å². The zero-order valence-corrected chi connectivity index (χ0v) is 18.3. The fourth-order valence-corrected chi connectivity index (χ4v) is 5.84. The lowest BCUT2D eigenvalue weighted by atomic mass is 10.0. The van der Waals surface area contributed by atoms with Crippen LogP contribution >= 0.6 is 0 Å². The molecule has 0 aliphatic carbocycles. The monoisotopic (exact) mass is 441 g/mol. The second-order valence-corrected chi connectivity index (χ2v) is 10.4. The highest BCUT2D eigenvalue weighted by atomic mass is 32.2. The van der Waals surface area contributed by atoms with E-state index in [4.69, 9.17) is 9.57 Å². The average molecular weight is 442 g/mol. The first kappa shape index (κ1) is 22.6. The highest BCUT2D eigenvalue weighted by molar-refractivity contribution is 7.89. The molecule has 30 heavy (non-hydrogen) atoms. The van der Waals surface area contributed by atoms with Crippen LogP contribution in [0.25, 0.3) is 0 Å². The van der Waals surface area contributed by atoms with Gasteiger partial charge in [-0.15, -0.1) is 0 Å². The number of hydroxylamine groups is 2. The minimum atomic E-state index is -4.24. The zero-order chi connectivity index (χ0) is 22.3. The lowest BCUT2D eigenvalue weighted by Gasteiger charge is -2.36. The van der Waals surface area contributed by atoms with Crippen LogP contribution in [0.4, 0.5) is 5.69 Å². The van der Waals surface area contributed by atoms with Crippen molar-refractivity contribution in [1.29, 1.82) is 0 Å². The predicted octanol–water partition coefficient (Wildman–Crippen LogP) is 2.09. The number of sulfonamides is 1. The van der Waals surface area contributed by atoms with Crippen LogP contribution in [-0.4, -0.2) is 66.1 Å². The van der Waals surface area contributed by atoms with Gasteiger partial charge in [0.05, 0.1) is 29.5 Å². The topological polar surface area (TPSA) is 119 Å². The van der Waals surface area contributed by atoms with Crippen molar-refractivity contribution in [2.75, 3.05) is 13.6 Å². The third kappa shape index (κ3) is 4.64. The largest absolute Gasteiger partial charge is 0.460 e. The third-order valence-electron chi connectivity index (χ3n) is 5.22. The molecule has 2 bridgehead atoms. The van der Waals surface area contributed by atoms with E-state index in [0.29, 0.717) is 12.8 Å². The maximum atomic E-state index is 13.5. The normalized spacial score (nSPS) is 25.7. The van der Waals surface area contributed by atoms with Crippen molar-refractivity contribution < 1.29 is 27.7 Å². The molecule has 2 aliphatic rings. The molecular weight excluding hydrogens is 414 g/mol. The first-order valence-corrected chi connectivity index (χ1v) is 11.2. The number of likely N-dealkylation sites (N-methyl/N-ethyl adjacent to an activating group) is 1. The Balaban J connectivity index is 2.01. The van der Waals surface area contributed by atoms with Gasteiger partial charge in [0.2, 0.25) is 10.0 Å². The smallest absolute Gasteiger partial charge is 0.307 e. The van der Waals surface area contributed by atoms with Gasteiger partial charge in [-0.3, -0.25) is 19.7 Å². The number of ether oxygens (including phenoxy) is 1. The Kier molecular flexibility index (Phi) is 6.19. The van der Waals surface area contributed by atoms with Gasteiger partial charge >= 0.3 is 5.97 Å². The van der Waals surface area contributed by atoms with Crippen molar-refractivity contribution in [2.24, 2.45) is 0 Å². The van der Waals surface area contributed by atoms with E-state index in [-0.39, 0.29) is 30.0 Å². The fraction of sp³-hybridized carbons (Fsp3) is 0.632. The minimum Gasteiger partial charge on any atom is -0.460 e. The lowest BCUT2D eigenvalue weighted by Crippen LogP contribution is -2.52. The third-order valence-corrected chi connectivity index (χ3v) is 7.19. The molecule has 11 heteroatoms. The number of nitrogens with zero attached hydrogens (tertiary/aromatic N) is 3. The van der Waals surface area contributed by atoms with E-state index in [9.17, 15) is 23.3 Å². The van der Waals surface area contributed by atoms with Crippen LogP contribution < -0.4 is 0 Å². The molecule has 0 aromatic heterocycles. The maximum absolute atomic E-state index is 13.5. The highest BCUT2D eigenvalue weighted by Crippen LogP contribution is 2.37. The Bertz CT molecular complexity index is 928. The molecule has 3 unspecified atom stereocenters. The fourth-order valence-electron chi connectivity index (χ4n) is 4.02. The average Bonchev–Trinajstić information content (AvgIpc) is 2.89. The number of fused-ring (bicyclic) bond motifs is 2. The molecule has 0 amide bonds. The Morgan fingerprint density at radius 3 is 2.63 bits per heavy atom. The van der Waals surface area contributed by atoms with Crippen LogP contribution in [0.5, 0.6) is 0 Å². The van der Waals surface area contributed by atoms with E-state index >= 15 is 0 Å². The summed E-state index contributed by atoms with van der Waals surface area (Å²) < 4.78 is 33.7. The van der Waals surface area contributed by atoms with Gasteiger partial charge in [0.25, 0.3) is 5.69 Å². The first-order valence-electron chi connectivity index (χ1n) is 9.77. The summed E-state index contributed by atoms with van der Waals surface area (Å²) in [5.74, 6) is -0.533. The van der Waals surface area contributed by atoms with Crippen molar-refractivity contribution in [2.45, 2.75) is 68.7 Å². The van der Waals surface area contributed by atoms with E-state index in [2.05, 4.69) is 0 Å². The second-order valence-electron chi connectivity index (χ2n) is 8.56. The summed E-state index contributed by atoms with van der Waals surface area (Å²) in [5, 5.41) is 13.0. The number of carbonyl (C=O) groups is 1. The number of nitro benzene ring substituents is 1. The maximum Gasteiger partial charge on any atom is 0.307 e. The van der Waals surface area contributed by atoms with Crippen molar-refractivity contribution in [3.8, 4) is 0 Å². The SMILES string of the molecule is CN1OC2CCN(S(=O)(=O)c3ccccc3[N+](=O)[O-])C(CC(=O)OC(C)(C)C)C1C2. The Labute approximate surface area is 175 Å². The molecule has 2 saturated heterocycles. The number of nitro groups is 1. The van der Waals surface area contributed by atoms with Gasteiger partial charge in [-0.1, -0.05) is 12.1 Å². The molecule has 2 fully saturated rings. The first-order chi connectivity index (χ1) is 13.9. The molecule has 1 aromatic carbocycles. The molecule has 166 valence electrons. The van der Waals surface area contributed by atoms with E-state index in [1.807, 2.05) is 0 Å². The zero-order valence-electron chi connectivity index (χ0n) is 17.5. The van der Waals surface area contributed by atoms with E-state index in [1.54, 1.807) is 32.9 Å². The van der Waals surface area contributed by atoms with E-state index in [0.717, 1.165) is 6.07 Å². The van der Waals surface area contributed by atoms with Gasteiger partial charge in [-0.2, -0.15) is 9.37 Å².